The lowest BCUT2D eigenvalue weighted by molar-refractivity contribution is -0.122. The summed E-state index contributed by atoms with van der Waals surface area (Å²) in [5.41, 5.74) is -1.26. The molecule has 1 saturated carbocycles. The number of nitrogens with one attached hydrogen (secondary N) is 1. The fourth-order valence-corrected chi connectivity index (χ4v) is 7.17. The zero-order chi connectivity index (χ0) is 35.0. The maximum Gasteiger partial charge on any atom is 0.410 e. The first kappa shape index (κ1) is 34.8. The van der Waals surface area contributed by atoms with Gasteiger partial charge in [0.05, 0.1) is 5.56 Å². The Kier molecular flexibility index (Phi) is 9.81. The van der Waals surface area contributed by atoms with Gasteiger partial charge in [0.1, 0.15) is 22.1 Å². The number of hydrogen-bond donors (Lipinski definition) is 2. The number of hydrogen-bond acceptors (Lipinski definition) is 10. The van der Waals surface area contributed by atoms with E-state index in [4.69, 9.17) is 4.74 Å². The lowest BCUT2D eigenvalue weighted by atomic mass is 9.78. The van der Waals surface area contributed by atoms with Gasteiger partial charge < -0.3 is 25.0 Å². The van der Waals surface area contributed by atoms with Crippen LogP contribution < -0.4 is 15.8 Å². The molecule has 15 heteroatoms. The van der Waals surface area contributed by atoms with Crippen LogP contribution >= 0.6 is 11.3 Å². The summed E-state index contributed by atoms with van der Waals surface area (Å²) in [6.45, 7) is 6.00. The first-order chi connectivity index (χ1) is 22.6. The van der Waals surface area contributed by atoms with Crippen molar-refractivity contribution in [2.24, 2.45) is 5.92 Å². The minimum Gasteiger partial charge on any atom is -0.502 e. The van der Waals surface area contributed by atoms with Gasteiger partial charge in [-0.1, -0.05) is 23.5 Å². The van der Waals surface area contributed by atoms with Crippen LogP contribution in [0.25, 0.3) is 10.6 Å². The summed E-state index contributed by atoms with van der Waals surface area (Å²) < 4.78 is 20.2. The van der Waals surface area contributed by atoms with Crippen molar-refractivity contribution < 1.29 is 28.6 Å². The van der Waals surface area contributed by atoms with E-state index in [1.54, 1.807) is 51.9 Å². The highest BCUT2D eigenvalue weighted by Gasteiger charge is 2.50. The van der Waals surface area contributed by atoms with Gasteiger partial charge in [0, 0.05) is 53.3 Å². The standard InChI is InChI=1S/C33H42FN7O6S/c1-32(2,3)47-31(46)38(4)16-15-35-24(42)17-21-11-13-33(14-12-21)39(5)30(45)26-28(44)27(43)23(19-41(26)40(33)6)29-37-36-25(48-29)18-20-7-9-22(34)10-8-20/h7-10,19,21,44H,11-18H2,1-6H3,(H,35,42). The second kappa shape index (κ2) is 13.5. The lowest BCUT2D eigenvalue weighted by Gasteiger charge is -2.55. The fraction of sp³-hybridized carbons (Fsp3) is 0.515. The first-order valence-electron chi connectivity index (χ1n) is 15.9. The number of benzene rings is 1. The molecule has 5 rings (SSSR count). The number of aromatic hydroxyl groups is 1. The van der Waals surface area contributed by atoms with Crippen LogP contribution in [0.2, 0.25) is 0 Å². The molecule has 3 aromatic rings. The van der Waals surface area contributed by atoms with Crippen LogP contribution in [0.15, 0.2) is 35.3 Å². The maximum absolute atomic E-state index is 13.7. The Labute approximate surface area is 282 Å². The van der Waals surface area contributed by atoms with E-state index in [1.807, 2.05) is 12.1 Å². The molecule has 1 aliphatic carbocycles. The molecule has 1 spiro atoms. The summed E-state index contributed by atoms with van der Waals surface area (Å²) in [5.74, 6) is -1.50. The Morgan fingerprint density at radius 2 is 1.81 bits per heavy atom. The Morgan fingerprint density at radius 3 is 2.46 bits per heavy atom. The van der Waals surface area contributed by atoms with Gasteiger partial charge in [0.15, 0.2) is 16.5 Å². The van der Waals surface area contributed by atoms with Crippen LogP contribution in [0.5, 0.6) is 5.75 Å². The van der Waals surface area contributed by atoms with Crippen molar-refractivity contribution in [2.45, 2.75) is 70.6 Å². The molecule has 3 amide bonds. The Morgan fingerprint density at radius 1 is 1.15 bits per heavy atom. The molecule has 0 bridgehead atoms. The van der Waals surface area contributed by atoms with E-state index in [0.29, 0.717) is 61.6 Å². The molecule has 0 radical (unpaired) electrons. The third-order valence-electron chi connectivity index (χ3n) is 9.04. The number of likely N-dealkylation sites (N-methyl/N-ethyl adjacent to an activating group) is 1. The average molecular weight is 684 g/mol. The minimum atomic E-state index is -0.749. The third kappa shape index (κ3) is 7.15. The van der Waals surface area contributed by atoms with Crippen molar-refractivity contribution >= 4 is 29.2 Å². The number of fused-ring (bicyclic) bond motifs is 1. The summed E-state index contributed by atoms with van der Waals surface area (Å²) in [6.07, 6.45) is 4.26. The Bertz CT molecular complexity index is 1740. The number of pyridine rings is 1. The molecular formula is C33H42FN7O6S. The van der Waals surface area contributed by atoms with Gasteiger partial charge >= 0.3 is 6.09 Å². The Hall–Kier alpha value is -4.53. The molecule has 0 atom stereocenters. The maximum atomic E-state index is 13.7. The highest BCUT2D eigenvalue weighted by atomic mass is 32.1. The normalized spacial score (nSPS) is 19.3. The van der Waals surface area contributed by atoms with Gasteiger partial charge in [0.25, 0.3) is 5.91 Å². The smallest absolute Gasteiger partial charge is 0.410 e. The minimum absolute atomic E-state index is 0.0939. The number of carbonyl (C=O) groups is 3. The van der Waals surface area contributed by atoms with E-state index in [9.17, 15) is 28.7 Å². The molecule has 1 aromatic carbocycles. The molecule has 3 heterocycles. The number of aromatic nitrogens is 3. The molecule has 258 valence electrons. The summed E-state index contributed by atoms with van der Waals surface area (Å²) in [5, 5.41) is 25.1. The highest BCUT2D eigenvalue weighted by molar-refractivity contribution is 7.14. The van der Waals surface area contributed by atoms with Gasteiger partial charge in [-0.2, -0.15) is 0 Å². The number of nitrogens with zero attached hydrogens (tertiary/aromatic N) is 6. The quantitative estimate of drug-likeness (QED) is 0.362. The van der Waals surface area contributed by atoms with Crippen molar-refractivity contribution in [3.05, 3.63) is 62.8 Å². The first-order valence-corrected chi connectivity index (χ1v) is 16.7. The zero-order valence-electron chi connectivity index (χ0n) is 28.1. The van der Waals surface area contributed by atoms with E-state index in [-0.39, 0.29) is 28.9 Å². The summed E-state index contributed by atoms with van der Waals surface area (Å²) >= 11 is 1.19. The van der Waals surface area contributed by atoms with Gasteiger partial charge in [-0.15, -0.1) is 10.2 Å². The van der Waals surface area contributed by atoms with Crippen molar-refractivity contribution in [1.82, 2.24) is 30.0 Å². The Balaban J connectivity index is 1.25. The predicted octanol–water partition coefficient (Wildman–Crippen LogP) is 3.72. The number of carbonyl (C=O) groups excluding carboxylic acids is 3. The summed E-state index contributed by atoms with van der Waals surface area (Å²) in [7, 11) is 5.10. The van der Waals surface area contributed by atoms with Crippen LogP contribution in [0.1, 0.15) is 73.9 Å². The van der Waals surface area contributed by atoms with Crippen LogP contribution in [0.4, 0.5) is 9.18 Å². The largest absolute Gasteiger partial charge is 0.502 e. The van der Waals surface area contributed by atoms with Crippen molar-refractivity contribution in [2.75, 3.05) is 39.2 Å². The summed E-state index contributed by atoms with van der Waals surface area (Å²) in [4.78, 5) is 54.9. The van der Waals surface area contributed by atoms with E-state index in [0.717, 1.165) is 5.56 Å². The number of rotatable bonds is 8. The van der Waals surface area contributed by atoms with Crippen LogP contribution in [-0.4, -0.2) is 93.2 Å². The van der Waals surface area contributed by atoms with Crippen molar-refractivity contribution in [3.63, 3.8) is 0 Å². The fourth-order valence-electron chi connectivity index (χ4n) is 6.29. The second-order valence-corrected chi connectivity index (χ2v) is 14.5. The molecule has 2 aliphatic rings. The van der Waals surface area contributed by atoms with E-state index in [1.165, 1.54) is 39.2 Å². The summed E-state index contributed by atoms with van der Waals surface area (Å²) in [6, 6.07) is 6.04. The number of amides is 3. The predicted molar refractivity (Wildman–Crippen MR) is 178 cm³/mol. The van der Waals surface area contributed by atoms with Gasteiger partial charge in [-0.25, -0.2) is 9.18 Å². The number of halogens is 1. The van der Waals surface area contributed by atoms with Crippen LogP contribution in [0, 0.1) is 11.7 Å². The number of ether oxygens (including phenoxy) is 1. The van der Waals surface area contributed by atoms with E-state index >= 15 is 0 Å². The topological polar surface area (TPSA) is 150 Å². The van der Waals surface area contributed by atoms with Gasteiger partial charge in [0.2, 0.25) is 11.3 Å². The van der Waals surface area contributed by atoms with Crippen LogP contribution in [0.3, 0.4) is 0 Å². The SMILES string of the molecule is CN(CCNC(=O)CC1CCC2(CC1)N(C)C(=O)c1c(O)c(=O)c(-c3nnc(Cc4ccc(F)cc4)s3)cn1N2C)C(=O)OC(C)(C)C. The third-order valence-corrected chi connectivity index (χ3v) is 10.00. The van der Waals surface area contributed by atoms with E-state index < -0.39 is 34.4 Å². The molecule has 13 nitrogen and oxygen atoms in total. The molecule has 2 aromatic heterocycles. The zero-order valence-corrected chi connectivity index (χ0v) is 28.9. The molecule has 0 unspecified atom stereocenters. The molecule has 1 fully saturated rings. The molecule has 48 heavy (non-hydrogen) atoms. The second-order valence-electron chi connectivity index (χ2n) is 13.5. The molecule has 2 N–H and O–H groups in total. The van der Waals surface area contributed by atoms with E-state index in [2.05, 4.69) is 15.5 Å². The average Bonchev–Trinajstić information content (AvgIpc) is 3.49. The molecule has 0 saturated heterocycles. The lowest BCUT2D eigenvalue weighted by Crippen LogP contribution is -2.69. The molecular weight excluding hydrogens is 641 g/mol. The van der Waals surface area contributed by atoms with Gasteiger partial charge in [-0.3, -0.25) is 24.1 Å². The highest BCUT2D eigenvalue weighted by Crippen LogP contribution is 2.42. The van der Waals surface area contributed by atoms with Gasteiger partial charge in [-0.05, 0) is 70.1 Å². The molecule has 1 aliphatic heterocycles. The monoisotopic (exact) mass is 683 g/mol. The van der Waals surface area contributed by atoms with Crippen molar-refractivity contribution in [3.8, 4) is 16.3 Å². The van der Waals surface area contributed by atoms with Crippen LogP contribution in [-0.2, 0) is 16.0 Å². The van der Waals surface area contributed by atoms with Crippen molar-refractivity contribution in [1.29, 1.82) is 0 Å².